The van der Waals surface area contributed by atoms with Crippen molar-refractivity contribution >= 4 is 29.1 Å². The molecule has 0 atom stereocenters. The molecule has 0 aliphatic carbocycles. The SMILES string of the molecule is CCCC(=O)Nc1cccc(CNC(=O)c2cc(Cl)ccc2OC(C)C)c1. The first-order valence-electron chi connectivity index (χ1n) is 9.02. The second kappa shape index (κ2) is 9.97. The predicted octanol–water partition coefficient (Wildman–Crippen LogP) is 4.80. The highest BCUT2D eigenvalue weighted by atomic mass is 35.5. The van der Waals surface area contributed by atoms with Crippen molar-refractivity contribution in [2.75, 3.05) is 5.32 Å². The van der Waals surface area contributed by atoms with E-state index in [-0.39, 0.29) is 17.9 Å². The summed E-state index contributed by atoms with van der Waals surface area (Å²) in [4.78, 5) is 24.3. The number of anilines is 1. The lowest BCUT2D eigenvalue weighted by Crippen LogP contribution is -2.24. The molecule has 2 aromatic rings. The van der Waals surface area contributed by atoms with Crippen LogP contribution in [0.1, 0.15) is 49.5 Å². The number of rotatable bonds is 8. The molecule has 0 unspecified atom stereocenters. The molecule has 6 heteroatoms. The number of hydrogen-bond acceptors (Lipinski definition) is 3. The topological polar surface area (TPSA) is 67.4 Å². The van der Waals surface area contributed by atoms with Crippen molar-refractivity contribution in [3.63, 3.8) is 0 Å². The minimum absolute atomic E-state index is 0.0203. The number of carbonyl (C=O) groups is 2. The lowest BCUT2D eigenvalue weighted by molar-refractivity contribution is -0.116. The van der Waals surface area contributed by atoms with Crippen LogP contribution in [0.25, 0.3) is 0 Å². The molecule has 144 valence electrons. The van der Waals surface area contributed by atoms with Crippen LogP contribution < -0.4 is 15.4 Å². The first-order chi connectivity index (χ1) is 12.9. The van der Waals surface area contributed by atoms with Gasteiger partial charge < -0.3 is 15.4 Å². The zero-order chi connectivity index (χ0) is 19.8. The standard InChI is InChI=1S/C21H25ClN2O3/c1-4-6-20(25)24-17-8-5-7-15(11-17)13-23-21(26)18-12-16(22)9-10-19(18)27-14(2)3/h5,7-12,14H,4,6,13H2,1-3H3,(H,23,26)(H,24,25). The van der Waals surface area contributed by atoms with E-state index in [1.807, 2.05) is 45.0 Å². The van der Waals surface area contributed by atoms with Crippen LogP contribution in [-0.2, 0) is 11.3 Å². The van der Waals surface area contributed by atoms with Gasteiger partial charge in [-0.2, -0.15) is 0 Å². The number of benzene rings is 2. The molecule has 0 saturated heterocycles. The van der Waals surface area contributed by atoms with Crippen LogP contribution in [-0.4, -0.2) is 17.9 Å². The normalized spacial score (nSPS) is 10.6. The monoisotopic (exact) mass is 388 g/mol. The van der Waals surface area contributed by atoms with Crippen molar-refractivity contribution in [1.82, 2.24) is 5.32 Å². The first-order valence-corrected chi connectivity index (χ1v) is 9.40. The van der Waals surface area contributed by atoms with Crippen molar-refractivity contribution < 1.29 is 14.3 Å². The fourth-order valence-corrected chi connectivity index (χ4v) is 2.70. The van der Waals surface area contributed by atoms with Gasteiger partial charge in [0.1, 0.15) is 5.75 Å². The van der Waals surface area contributed by atoms with Crippen LogP contribution in [0.2, 0.25) is 5.02 Å². The van der Waals surface area contributed by atoms with Crippen molar-refractivity contribution in [3.8, 4) is 5.75 Å². The van der Waals surface area contributed by atoms with E-state index in [4.69, 9.17) is 16.3 Å². The van der Waals surface area contributed by atoms with Gasteiger partial charge in [-0.1, -0.05) is 30.7 Å². The van der Waals surface area contributed by atoms with Crippen molar-refractivity contribution in [2.45, 2.75) is 46.3 Å². The number of carbonyl (C=O) groups excluding carboxylic acids is 2. The number of ether oxygens (including phenoxy) is 1. The second-order valence-corrected chi connectivity index (χ2v) is 6.92. The van der Waals surface area contributed by atoms with E-state index in [0.717, 1.165) is 12.0 Å². The number of halogens is 1. The van der Waals surface area contributed by atoms with E-state index in [1.165, 1.54) is 0 Å². The largest absolute Gasteiger partial charge is 0.490 e. The second-order valence-electron chi connectivity index (χ2n) is 6.49. The van der Waals surface area contributed by atoms with Gasteiger partial charge in [0.15, 0.2) is 0 Å². The Hall–Kier alpha value is -2.53. The van der Waals surface area contributed by atoms with E-state index in [0.29, 0.717) is 35.0 Å². The Morgan fingerprint density at radius 1 is 1.15 bits per heavy atom. The maximum atomic E-state index is 12.6. The molecule has 5 nitrogen and oxygen atoms in total. The Morgan fingerprint density at radius 3 is 2.63 bits per heavy atom. The van der Waals surface area contributed by atoms with Crippen molar-refractivity contribution in [3.05, 3.63) is 58.6 Å². The Balaban J connectivity index is 2.05. The Bertz CT molecular complexity index is 806. The van der Waals surface area contributed by atoms with Gasteiger partial charge in [-0.25, -0.2) is 0 Å². The fraction of sp³-hybridized carbons (Fsp3) is 0.333. The number of hydrogen-bond donors (Lipinski definition) is 2. The Morgan fingerprint density at radius 2 is 1.93 bits per heavy atom. The Labute approximate surface area is 165 Å². The zero-order valence-electron chi connectivity index (χ0n) is 15.8. The minimum atomic E-state index is -0.270. The highest BCUT2D eigenvalue weighted by Gasteiger charge is 2.14. The number of nitrogens with one attached hydrogen (secondary N) is 2. The van der Waals surface area contributed by atoms with Crippen LogP contribution in [0.4, 0.5) is 5.69 Å². The van der Waals surface area contributed by atoms with Gasteiger partial charge in [-0.3, -0.25) is 9.59 Å². The third kappa shape index (κ3) is 6.61. The molecule has 0 bridgehead atoms. The average Bonchev–Trinajstić information content (AvgIpc) is 2.61. The zero-order valence-corrected chi connectivity index (χ0v) is 16.6. The maximum Gasteiger partial charge on any atom is 0.255 e. The molecule has 2 rings (SSSR count). The molecular formula is C21H25ClN2O3. The third-order valence-corrected chi connectivity index (χ3v) is 3.92. The predicted molar refractivity (Wildman–Crippen MR) is 108 cm³/mol. The molecule has 0 aromatic heterocycles. The summed E-state index contributed by atoms with van der Waals surface area (Å²) < 4.78 is 5.69. The minimum Gasteiger partial charge on any atom is -0.490 e. The van der Waals surface area contributed by atoms with E-state index in [1.54, 1.807) is 18.2 Å². The summed E-state index contributed by atoms with van der Waals surface area (Å²) in [5.74, 6) is 0.203. The molecule has 0 fully saturated rings. The van der Waals surface area contributed by atoms with Crippen LogP contribution >= 0.6 is 11.6 Å². The smallest absolute Gasteiger partial charge is 0.255 e. The highest BCUT2D eigenvalue weighted by molar-refractivity contribution is 6.31. The van der Waals surface area contributed by atoms with Gasteiger partial charge in [-0.05, 0) is 56.2 Å². The molecule has 0 radical (unpaired) electrons. The molecule has 0 aliphatic rings. The van der Waals surface area contributed by atoms with Gasteiger partial charge in [0.05, 0.1) is 11.7 Å². The molecule has 0 heterocycles. The molecule has 27 heavy (non-hydrogen) atoms. The van der Waals surface area contributed by atoms with E-state index in [9.17, 15) is 9.59 Å². The fourth-order valence-electron chi connectivity index (χ4n) is 2.52. The molecule has 2 aromatic carbocycles. The molecule has 2 N–H and O–H groups in total. The Kier molecular flexibility index (Phi) is 7.67. The van der Waals surface area contributed by atoms with Gasteiger partial charge in [0.2, 0.25) is 5.91 Å². The van der Waals surface area contributed by atoms with Gasteiger partial charge in [0, 0.05) is 23.7 Å². The summed E-state index contributed by atoms with van der Waals surface area (Å²) in [5, 5.41) is 6.19. The molecule has 0 aliphatic heterocycles. The lowest BCUT2D eigenvalue weighted by atomic mass is 10.1. The van der Waals surface area contributed by atoms with Gasteiger partial charge in [0.25, 0.3) is 5.91 Å². The number of amides is 2. The van der Waals surface area contributed by atoms with E-state index < -0.39 is 0 Å². The summed E-state index contributed by atoms with van der Waals surface area (Å²) in [6, 6.07) is 12.4. The molecule has 0 saturated carbocycles. The molecule has 2 amide bonds. The molecular weight excluding hydrogens is 364 g/mol. The summed E-state index contributed by atoms with van der Waals surface area (Å²) in [6.45, 7) is 6.08. The van der Waals surface area contributed by atoms with Gasteiger partial charge >= 0.3 is 0 Å². The maximum absolute atomic E-state index is 12.6. The van der Waals surface area contributed by atoms with Crippen LogP contribution in [0, 0.1) is 0 Å². The lowest BCUT2D eigenvalue weighted by Gasteiger charge is -2.15. The van der Waals surface area contributed by atoms with Crippen LogP contribution in [0.3, 0.4) is 0 Å². The summed E-state index contributed by atoms with van der Waals surface area (Å²) in [7, 11) is 0. The highest BCUT2D eigenvalue weighted by Crippen LogP contribution is 2.24. The summed E-state index contributed by atoms with van der Waals surface area (Å²) >= 11 is 6.03. The molecule has 0 spiro atoms. The van der Waals surface area contributed by atoms with Gasteiger partial charge in [-0.15, -0.1) is 0 Å². The first kappa shape index (κ1) is 20.8. The average molecular weight is 389 g/mol. The summed E-state index contributed by atoms with van der Waals surface area (Å²) in [5.41, 5.74) is 1.99. The van der Waals surface area contributed by atoms with E-state index in [2.05, 4.69) is 10.6 Å². The quantitative estimate of drug-likeness (QED) is 0.682. The van der Waals surface area contributed by atoms with Crippen molar-refractivity contribution in [2.24, 2.45) is 0 Å². The summed E-state index contributed by atoms with van der Waals surface area (Å²) in [6.07, 6.45) is 1.22. The van der Waals surface area contributed by atoms with Crippen molar-refractivity contribution in [1.29, 1.82) is 0 Å². The van der Waals surface area contributed by atoms with E-state index >= 15 is 0 Å². The van der Waals surface area contributed by atoms with Crippen LogP contribution in [0.15, 0.2) is 42.5 Å². The van der Waals surface area contributed by atoms with Crippen LogP contribution in [0.5, 0.6) is 5.75 Å². The third-order valence-electron chi connectivity index (χ3n) is 3.69.